The second-order valence-electron chi connectivity index (χ2n) is 6.48. The van der Waals surface area contributed by atoms with Crippen molar-refractivity contribution < 1.29 is 18.8 Å². The van der Waals surface area contributed by atoms with Gasteiger partial charge in [-0.1, -0.05) is 6.07 Å². The second-order valence-corrected chi connectivity index (χ2v) is 6.48. The minimum Gasteiger partial charge on any atom is -0.333 e. The quantitative estimate of drug-likeness (QED) is 0.755. The third-order valence-corrected chi connectivity index (χ3v) is 2.68. The van der Waals surface area contributed by atoms with Crippen LogP contribution < -0.4 is 16.0 Å². The number of likely N-dealkylation sites (N-methyl/N-ethyl adjacent to an activating group) is 1. The summed E-state index contributed by atoms with van der Waals surface area (Å²) in [6.45, 7) is 5.17. The molecule has 7 nitrogen and oxygen atoms in total. The highest BCUT2D eigenvalue weighted by atomic mass is 19.1. The summed E-state index contributed by atoms with van der Waals surface area (Å²) in [5, 5.41) is 7.31. The number of nitrogens with zero attached hydrogens (tertiary/aromatic N) is 1. The zero-order valence-electron chi connectivity index (χ0n) is 14.3. The van der Waals surface area contributed by atoms with Crippen molar-refractivity contribution >= 4 is 23.5 Å². The Balaban J connectivity index is 2.39. The Hall–Kier alpha value is -2.48. The summed E-state index contributed by atoms with van der Waals surface area (Å²) in [5.41, 5.74) is -0.122. The Kier molecular flexibility index (Phi) is 6.84. The molecule has 132 valence electrons. The number of imide groups is 1. The molecule has 0 aliphatic carbocycles. The van der Waals surface area contributed by atoms with Gasteiger partial charge in [0.2, 0.25) is 11.8 Å². The second kappa shape index (κ2) is 8.39. The molecule has 0 aliphatic heterocycles. The summed E-state index contributed by atoms with van der Waals surface area (Å²) < 4.78 is 13.0. The normalized spacial score (nSPS) is 11.1. The number of benzene rings is 1. The molecule has 0 heterocycles. The maximum atomic E-state index is 13.0. The molecule has 24 heavy (non-hydrogen) atoms. The maximum absolute atomic E-state index is 13.0. The number of hydrogen-bond donors (Lipinski definition) is 3. The molecule has 0 unspecified atom stereocenters. The van der Waals surface area contributed by atoms with E-state index >= 15 is 0 Å². The number of hydrogen-bond acceptors (Lipinski definition) is 4. The summed E-state index contributed by atoms with van der Waals surface area (Å²) >= 11 is 0. The molecule has 1 aromatic rings. The lowest BCUT2D eigenvalue weighted by Gasteiger charge is -2.21. The Labute approximate surface area is 140 Å². The molecule has 0 aliphatic rings. The van der Waals surface area contributed by atoms with Gasteiger partial charge in [0.25, 0.3) is 0 Å². The van der Waals surface area contributed by atoms with E-state index in [1.165, 1.54) is 23.1 Å². The van der Waals surface area contributed by atoms with Crippen molar-refractivity contribution in [1.82, 2.24) is 15.5 Å². The molecule has 0 bridgehead atoms. The molecular formula is C16H23FN4O3. The lowest BCUT2D eigenvalue weighted by molar-refractivity contribution is -0.122. The van der Waals surface area contributed by atoms with E-state index in [2.05, 4.69) is 16.0 Å². The first-order valence-electron chi connectivity index (χ1n) is 7.41. The minimum atomic E-state index is -0.592. The number of halogens is 1. The Morgan fingerprint density at radius 1 is 1.12 bits per heavy atom. The van der Waals surface area contributed by atoms with E-state index in [4.69, 9.17) is 0 Å². The molecule has 0 radical (unpaired) electrons. The molecular weight excluding hydrogens is 315 g/mol. The van der Waals surface area contributed by atoms with Gasteiger partial charge in [0.05, 0.1) is 13.1 Å². The monoisotopic (exact) mass is 338 g/mol. The Bertz CT molecular complexity index is 614. The number of amides is 4. The fourth-order valence-corrected chi connectivity index (χ4v) is 1.85. The maximum Gasteiger partial charge on any atom is 0.321 e. The smallest absolute Gasteiger partial charge is 0.321 e. The van der Waals surface area contributed by atoms with Crippen LogP contribution in [-0.2, 0) is 9.59 Å². The van der Waals surface area contributed by atoms with Crippen LogP contribution in [0, 0.1) is 5.82 Å². The number of carbonyl (C=O) groups is 3. The van der Waals surface area contributed by atoms with Crippen LogP contribution in [0.5, 0.6) is 0 Å². The Morgan fingerprint density at radius 2 is 1.75 bits per heavy atom. The van der Waals surface area contributed by atoms with Crippen LogP contribution in [0.2, 0.25) is 0 Å². The summed E-state index contributed by atoms with van der Waals surface area (Å²) in [5.74, 6) is -1.38. The van der Waals surface area contributed by atoms with E-state index in [1.54, 1.807) is 33.9 Å². The fourth-order valence-electron chi connectivity index (χ4n) is 1.85. The van der Waals surface area contributed by atoms with Crippen molar-refractivity contribution in [2.24, 2.45) is 0 Å². The van der Waals surface area contributed by atoms with Crippen LogP contribution in [0.4, 0.5) is 14.9 Å². The average molecular weight is 338 g/mol. The molecule has 0 aromatic heterocycles. The molecule has 8 heteroatoms. The van der Waals surface area contributed by atoms with Gasteiger partial charge >= 0.3 is 6.03 Å². The van der Waals surface area contributed by atoms with Gasteiger partial charge < -0.3 is 10.6 Å². The third kappa shape index (κ3) is 8.23. The molecule has 3 N–H and O–H groups in total. The summed E-state index contributed by atoms with van der Waals surface area (Å²) in [6, 6.07) is 4.92. The standard InChI is InChI=1S/C16H23FN4O3/c1-16(2,3)20-15(24)19-14(23)10-21(4)9-13(22)18-12-7-5-6-11(17)8-12/h5-8H,9-10H2,1-4H3,(H,18,22)(H2,19,20,23,24). The molecule has 4 amide bonds. The summed E-state index contributed by atoms with van der Waals surface area (Å²) in [4.78, 5) is 36.6. The summed E-state index contributed by atoms with van der Waals surface area (Å²) in [7, 11) is 1.56. The SMILES string of the molecule is CN(CC(=O)NC(=O)NC(C)(C)C)CC(=O)Nc1cccc(F)c1. The lowest BCUT2D eigenvalue weighted by atomic mass is 10.1. The van der Waals surface area contributed by atoms with Gasteiger partial charge in [-0.2, -0.15) is 0 Å². The van der Waals surface area contributed by atoms with Gasteiger partial charge in [0.1, 0.15) is 5.82 Å². The van der Waals surface area contributed by atoms with Crippen molar-refractivity contribution in [3.63, 3.8) is 0 Å². The first-order chi connectivity index (χ1) is 11.0. The van der Waals surface area contributed by atoms with Gasteiger partial charge in [-0.05, 0) is 46.0 Å². The fraction of sp³-hybridized carbons (Fsp3) is 0.438. The molecule has 0 saturated heterocycles. The van der Waals surface area contributed by atoms with Crippen LogP contribution in [0.3, 0.4) is 0 Å². The third-order valence-electron chi connectivity index (χ3n) is 2.68. The van der Waals surface area contributed by atoms with Crippen molar-refractivity contribution in [1.29, 1.82) is 0 Å². The minimum absolute atomic E-state index is 0.0785. The molecule has 0 saturated carbocycles. The summed E-state index contributed by atoms with van der Waals surface area (Å²) in [6.07, 6.45) is 0. The number of rotatable bonds is 5. The zero-order chi connectivity index (χ0) is 18.3. The highest BCUT2D eigenvalue weighted by Gasteiger charge is 2.17. The van der Waals surface area contributed by atoms with Crippen LogP contribution in [-0.4, -0.2) is 48.4 Å². The average Bonchev–Trinajstić information content (AvgIpc) is 2.34. The van der Waals surface area contributed by atoms with Crippen LogP contribution >= 0.6 is 0 Å². The van der Waals surface area contributed by atoms with Gasteiger partial charge in [0, 0.05) is 11.2 Å². The van der Waals surface area contributed by atoms with Gasteiger partial charge in [-0.3, -0.25) is 19.8 Å². The predicted octanol–water partition coefficient (Wildman–Crippen LogP) is 1.32. The van der Waals surface area contributed by atoms with Crippen LogP contribution in [0.15, 0.2) is 24.3 Å². The van der Waals surface area contributed by atoms with E-state index in [0.717, 1.165) is 0 Å². The van der Waals surface area contributed by atoms with E-state index in [0.29, 0.717) is 5.69 Å². The van der Waals surface area contributed by atoms with Crippen LogP contribution in [0.1, 0.15) is 20.8 Å². The molecule has 0 fully saturated rings. The van der Waals surface area contributed by atoms with Crippen LogP contribution in [0.25, 0.3) is 0 Å². The van der Waals surface area contributed by atoms with E-state index in [9.17, 15) is 18.8 Å². The predicted molar refractivity (Wildman–Crippen MR) is 89.0 cm³/mol. The highest BCUT2D eigenvalue weighted by Crippen LogP contribution is 2.08. The number of anilines is 1. The first-order valence-corrected chi connectivity index (χ1v) is 7.41. The first kappa shape index (κ1) is 19.6. The number of nitrogens with one attached hydrogen (secondary N) is 3. The van der Waals surface area contributed by atoms with Crippen molar-refractivity contribution in [2.75, 3.05) is 25.5 Å². The van der Waals surface area contributed by atoms with E-state index < -0.39 is 29.2 Å². The molecule has 0 atom stereocenters. The molecule has 0 spiro atoms. The van der Waals surface area contributed by atoms with Crippen molar-refractivity contribution in [2.45, 2.75) is 26.3 Å². The largest absolute Gasteiger partial charge is 0.333 e. The highest BCUT2D eigenvalue weighted by molar-refractivity contribution is 5.96. The zero-order valence-corrected chi connectivity index (χ0v) is 14.3. The van der Waals surface area contributed by atoms with Crippen molar-refractivity contribution in [3.05, 3.63) is 30.1 Å². The van der Waals surface area contributed by atoms with E-state index in [-0.39, 0.29) is 13.1 Å². The Morgan fingerprint density at radius 3 is 2.33 bits per heavy atom. The number of carbonyl (C=O) groups excluding carboxylic acids is 3. The molecule has 1 rings (SSSR count). The van der Waals surface area contributed by atoms with Gasteiger partial charge in [-0.15, -0.1) is 0 Å². The van der Waals surface area contributed by atoms with Gasteiger partial charge in [-0.25, -0.2) is 9.18 Å². The number of urea groups is 1. The topological polar surface area (TPSA) is 90.5 Å². The lowest BCUT2D eigenvalue weighted by Crippen LogP contribution is -2.50. The van der Waals surface area contributed by atoms with Crippen molar-refractivity contribution in [3.8, 4) is 0 Å². The van der Waals surface area contributed by atoms with E-state index in [1.807, 2.05) is 0 Å². The van der Waals surface area contributed by atoms with Gasteiger partial charge in [0.15, 0.2) is 0 Å². The molecule has 1 aromatic carbocycles.